The SMILES string of the molecule is OC(COCCC(F)(F)C(F)(F)C(F)(F)C(F)(F)C(F)F)COCCC(F)(F)C(F)(F)C(F)(F)C(F)(F)C(F)F. The Morgan fingerprint density at radius 1 is 0.450 bits per heavy atom. The maximum absolute atomic E-state index is 13.4. The minimum atomic E-state index is -7.27. The Hall–Kier alpha value is -1.52. The van der Waals surface area contributed by atoms with Crippen LogP contribution >= 0.6 is 0 Å². The third kappa shape index (κ3) is 7.09. The van der Waals surface area contributed by atoms with E-state index in [4.69, 9.17) is 0 Å². The first-order valence-corrected chi connectivity index (χ1v) is 9.91. The standard InChI is InChI=1S/C17H16F20O3/c18-8(19)12(26,27)16(34,35)14(30,31)10(22,23)1-3-39-5-7(38)6-40-4-2-11(24,25)15(32,33)17(36,37)13(28,29)9(20)21/h7-9,38H,1-6H2. The van der Waals surface area contributed by atoms with E-state index in [9.17, 15) is 92.9 Å². The molecule has 40 heavy (non-hydrogen) atoms. The molecule has 0 spiro atoms. The van der Waals surface area contributed by atoms with Crippen LogP contribution in [0.5, 0.6) is 0 Å². The minimum absolute atomic E-state index is 1.35. The van der Waals surface area contributed by atoms with Gasteiger partial charge in [-0.15, -0.1) is 0 Å². The lowest BCUT2D eigenvalue weighted by Gasteiger charge is -2.36. The van der Waals surface area contributed by atoms with Crippen LogP contribution < -0.4 is 0 Å². The molecule has 0 amide bonds. The molecular weight excluding hydrogens is 632 g/mol. The molecule has 0 aliphatic heterocycles. The molecule has 0 bridgehead atoms. The maximum atomic E-state index is 13.4. The first-order valence-electron chi connectivity index (χ1n) is 9.91. The first kappa shape index (κ1) is 38.5. The fourth-order valence-electron chi connectivity index (χ4n) is 2.35. The van der Waals surface area contributed by atoms with Crippen LogP contribution in [0, 0.1) is 0 Å². The average molecular weight is 648 g/mol. The van der Waals surface area contributed by atoms with Crippen LogP contribution in [0.2, 0.25) is 0 Å². The van der Waals surface area contributed by atoms with Gasteiger partial charge in [-0.1, -0.05) is 0 Å². The molecule has 0 saturated heterocycles. The van der Waals surface area contributed by atoms with Crippen molar-refractivity contribution in [2.75, 3.05) is 26.4 Å². The second-order valence-corrected chi connectivity index (χ2v) is 7.86. The van der Waals surface area contributed by atoms with Gasteiger partial charge in [0.05, 0.1) is 26.4 Å². The molecule has 0 aliphatic rings. The second kappa shape index (κ2) is 12.4. The number of hydrogen-bond acceptors (Lipinski definition) is 3. The Balaban J connectivity index is 4.90. The van der Waals surface area contributed by atoms with E-state index in [1.807, 2.05) is 0 Å². The fraction of sp³-hybridized carbons (Fsp3) is 1.00. The van der Waals surface area contributed by atoms with Crippen LogP contribution in [-0.4, -0.2) is 97.9 Å². The van der Waals surface area contributed by atoms with Crippen LogP contribution in [-0.2, 0) is 9.47 Å². The zero-order valence-electron chi connectivity index (χ0n) is 18.8. The summed E-state index contributed by atoms with van der Waals surface area (Å²) in [6.45, 7) is -6.27. The highest BCUT2D eigenvalue weighted by Gasteiger charge is 2.83. The van der Waals surface area contributed by atoms with E-state index in [1.165, 1.54) is 0 Å². The lowest BCUT2D eigenvalue weighted by molar-refractivity contribution is -0.385. The minimum Gasteiger partial charge on any atom is -0.388 e. The molecule has 0 aliphatic carbocycles. The first-order chi connectivity index (χ1) is 17.5. The summed E-state index contributed by atoms with van der Waals surface area (Å²) in [5.74, 6) is -54.8. The third-order valence-electron chi connectivity index (χ3n) is 4.83. The van der Waals surface area contributed by atoms with Crippen LogP contribution in [0.15, 0.2) is 0 Å². The molecule has 0 saturated carbocycles. The number of halogens is 20. The number of alkyl halides is 20. The summed E-state index contributed by atoms with van der Waals surface area (Å²) in [7, 11) is 0. The molecule has 0 aromatic rings. The highest BCUT2D eigenvalue weighted by atomic mass is 19.4. The molecule has 0 rings (SSSR count). The summed E-state index contributed by atoms with van der Waals surface area (Å²) in [6, 6.07) is 0. The van der Waals surface area contributed by atoms with E-state index in [-0.39, 0.29) is 0 Å². The highest BCUT2D eigenvalue weighted by Crippen LogP contribution is 2.56. The summed E-state index contributed by atoms with van der Waals surface area (Å²) in [5.41, 5.74) is 0. The molecule has 0 aromatic heterocycles. The largest absolute Gasteiger partial charge is 0.388 e. The van der Waals surface area contributed by atoms with Crippen molar-refractivity contribution in [3.8, 4) is 0 Å². The van der Waals surface area contributed by atoms with Gasteiger partial charge in [-0.2, -0.15) is 70.2 Å². The van der Waals surface area contributed by atoms with Crippen molar-refractivity contribution in [2.45, 2.75) is 79.2 Å². The van der Waals surface area contributed by atoms with Crippen LogP contribution in [0.3, 0.4) is 0 Å². The molecule has 242 valence electrons. The van der Waals surface area contributed by atoms with Crippen molar-refractivity contribution >= 4 is 0 Å². The lowest BCUT2D eigenvalue weighted by Crippen LogP contribution is -2.64. The van der Waals surface area contributed by atoms with Gasteiger partial charge in [-0.05, 0) is 0 Å². The highest BCUT2D eigenvalue weighted by molar-refractivity contribution is 5.05. The Morgan fingerprint density at radius 3 is 0.925 bits per heavy atom. The second-order valence-electron chi connectivity index (χ2n) is 7.86. The van der Waals surface area contributed by atoms with E-state index >= 15 is 0 Å². The summed E-state index contributed by atoms with van der Waals surface area (Å²) in [6.07, 6.45) is -18.3. The third-order valence-corrected chi connectivity index (χ3v) is 4.83. The van der Waals surface area contributed by atoms with Gasteiger partial charge in [-0.3, -0.25) is 0 Å². The van der Waals surface area contributed by atoms with E-state index < -0.39 is 106 Å². The van der Waals surface area contributed by atoms with Crippen LogP contribution in [0.25, 0.3) is 0 Å². The molecule has 0 fully saturated rings. The quantitative estimate of drug-likeness (QED) is 0.132. The van der Waals surface area contributed by atoms with Crippen LogP contribution in [0.4, 0.5) is 87.8 Å². The van der Waals surface area contributed by atoms with E-state index in [2.05, 4.69) is 9.47 Å². The Morgan fingerprint density at radius 2 is 0.700 bits per heavy atom. The summed E-state index contributed by atoms with van der Waals surface area (Å²) < 4.78 is 266. The fourth-order valence-corrected chi connectivity index (χ4v) is 2.35. The van der Waals surface area contributed by atoms with Crippen LogP contribution in [0.1, 0.15) is 12.8 Å². The van der Waals surface area contributed by atoms with Crippen molar-refractivity contribution in [3.63, 3.8) is 0 Å². The van der Waals surface area contributed by atoms with Gasteiger partial charge < -0.3 is 14.6 Å². The van der Waals surface area contributed by atoms with Crippen molar-refractivity contribution in [3.05, 3.63) is 0 Å². The predicted molar refractivity (Wildman–Crippen MR) is 88.5 cm³/mol. The number of aliphatic hydroxyl groups excluding tert-OH is 1. The Bertz CT molecular complexity index is 735. The number of ether oxygens (including phenoxy) is 2. The zero-order valence-corrected chi connectivity index (χ0v) is 18.8. The topological polar surface area (TPSA) is 38.7 Å². The van der Waals surface area contributed by atoms with E-state index in [0.717, 1.165) is 0 Å². The van der Waals surface area contributed by atoms with E-state index in [0.29, 0.717) is 0 Å². The Labute approximate surface area is 209 Å². The summed E-state index contributed by atoms with van der Waals surface area (Å²) in [4.78, 5) is 0. The van der Waals surface area contributed by atoms with Crippen molar-refractivity contribution < 1.29 is 102 Å². The molecule has 23 heteroatoms. The van der Waals surface area contributed by atoms with Crippen molar-refractivity contribution in [2.24, 2.45) is 0 Å². The summed E-state index contributed by atoms with van der Waals surface area (Å²) in [5, 5.41) is 9.30. The molecule has 0 aromatic carbocycles. The molecule has 1 N–H and O–H groups in total. The van der Waals surface area contributed by atoms with Gasteiger partial charge in [0.1, 0.15) is 6.10 Å². The maximum Gasteiger partial charge on any atom is 0.384 e. The molecular formula is C17H16F20O3. The molecule has 0 unspecified atom stereocenters. The number of aliphatic hydroxyl groups is 1. The zero-order chi connectivity index (χ0) is 32.4. The normalized spacial score (nSPS) is 15.6. The van der Waals surface area contributed by atoms with Gasteiger partial charge in [0.2, 0.25) is 0 Å². The number of rotatable bonds is 18. The van der Waals surface area contributed by atoms with E-state index in [1.54, 1.807) is 0 Å². The molecule has 0 heterocycles. The average Bonchev–Trinajstić information content (AvgIpc) is 2.78. The number of hydrogen-bond donors (Lipinski definition) is 1. The van der Waals surface area contributed by atoms with Gasteiger partial charge in [0.25, 0.3) is 0 Å². The van der Waals surface area contributed by atoms with Crippen molar-refractivity contribution in [1.29, 1.82) is 0 Å². The van der Waals surface area contributed by atoms with Crippen molar-refractivity contribution in [1.82, 2.24) is 0 Å². The Kier molecular flexibility index (Phi) is 11.9. The molecule has 0 atom stereocenters. The summed E-state index contributed by atoms with van der Waals surface area (Å²) >= 11 is 0. The monoisotopic (exact) mass is 648 g/mol. The molecule has 0 radical (unpaired) electrons. The lowest BCUT2D eigenvalue weighted by atomic mass is 9.97. The smallest absolute Gasteiger partial charge is 0.384 e. The van der Waals surface area contributed by atoms with Gasteiger partial charge in [-0.25, -0.2) is 17.6 Å². The molecule has 3 nitrogen and oxygen atoms in total. The van der Waals surface area contributed by atoms with Gasteiger partial charge in [0.15, 0.2) is 0 Å². The predicted octanol–water partition coefficient (Wildman–Crippen LogP) is 6.77. The van der Waals surface area contributed by atoms with Gasteiger partial charge in [0, 0.05) is 12.8 Å². The van der Waals surface area contributed by atoms with Gasteiger partial charge >= 0.3 is 60.2 Å².